The van der Waals surface area contributed by atoms with Gasteiger partial charge in [-0.1, -0.05) is 57.0 Å². The molecule has 90 valence electrons. The highest BCUT2D eigenvalue weighted by atomic mass is 14.9. The molecule has 0 aromatic heterocycles. The highest BCUT2D eigenvalue weighted by molar-refractivity contribution is 5.18. The Hall–Kier alpha value is -0.820. The number of rotatable bonds is 7. The molecule has 16 heavy (non-hydrogen) atoms. The van der Waals surface area contributed by atoms with E-state index < -0.39 is 0 Å². The van der Waals surface area contributed by atoms with Gasteiger partial charge >= 0.3 is 0 Å². The lowest BCUT2D eigenvalue weighted by molar-refractivity contribution is 0.477. The lowest BCUT2D eigenvalue weighted by Crippen LogP contribution is -2.29. The van der Waals surface area contributed by atoms with Crippen LogP contribution < -0.4 is 5.32 Å². The molecule has 0 aliphatic carbocycles. The minimum atomic E-state index is 0.602. The number of nitrogens with one attached hydrogen (secondary N) is 1. The second kappa shape index (κ2) is 7.45. The summed E-state index contributed by atoms with van der Waals surface area (Å²) in [5, 5.41) is 3.62. The Bertz CT molecular complexity index is 268. The predicted molar refractivity (Wildman–Crippen MR) is 71.8 cm³/mol. The molecule has 0 heterocycles. The van der Waals surface area contributed by atoms with Crippen LogP contribution in [0.1, 0.15) is 51.5 Å². The van der Waals surface area contributed by atoms with E-state index in [0.29, 0.717) is 12.0 Å². The summed E-state index contributed by atoms with van der Waals surface area (Å²) < 4.78 is 0. The summed E-state index contributed by atoms with van der Waals surface area (Å²) in [6, 6.07) is 11.4. The normalized spacial score (nSPS) is 14.7. The van der Waals surface area contributed by atoms with Crippen LogP contribution in [0.3, 0.4) is 0 Å². The molecular formula is C15H25N. The van der Waals surface area contributed by atoms with Gasteiger partial charge in [-0.3, -0.25) is 0 Å². The summed E-state index contributed by atoms with van der Waals surface area (Å²) in [5.74, 6) is 0.602. The molecule has 0 fully saturated rings. The molecule has 1 heteroatoms. The van der Waals surface area contributed by atoms with E-state index in [2.05, 4.69) is 56.4 Å². The van der Waals surface area contributed by atoms with Gasteiger partial charge in [0.2, 0.25) is 0 Å². The average molecular weight is 219 g/mol. The molecule has 0 aliphatic heterocycles. The SMILES string of the molecule is CCCCC(C)NCC(C)c1ccccc1. The molecule has 1 N–H and O–H groups in total. The van der Waals surface area contributed by atoms with Gasteiger partial charge < -0.3 is 5.32 Å². The average Bonchev–Trinajstić information content (AvgIpc) is 2.34. The summed E-state index contributed by atoms with van der Waals surface area (Å²) in [5.41, 5.74) is 1.43. The summed E-state index contributed by atoms with van der Waals surface area (Å²) in [4.78, 5) is 0. The Labute approximate surface area is 100 Å². The van der Waals surface area contributed by atoms with Crippen LogP contribution in [0.5, 0.6) is 0 Å². The summed E-state index contributed by atoms with van der Waals surface area (Å²) in [6.07, 6.45) is 3.91. The van der Waals surface area contributed by atoms with E-state index >= 15 is 0 Å². The molecule has 2 atom stereocenters. The number of hydrogen-bond donors (Lipinski definition) is 1. The smallest absolute Gasteiger partial charge is 0.00389 e. The van der Waals surface area contributed by atoms with E-state index in [1.807, 2.05) is 0 Å². The van der Waals surface area contributed by atoms with Crippen molar-refractivity contribution in [3.63, 3.8) is 0 Å². The molecule has 1 aromatic rings. The molecule has 2 unspecified atom stereocenters. The lowest BCUT2D eigenvalue weighted by Gasteiger charge is -2.17. The van der Waals surface area contributed by atoms with Gasteiger partial charge in [-0.05, 0) is 24.8 Å². The Morgan fingerprint density at radius 1 is 1.12 bits per heavy atom. The molecule has 0 spiro atoms. The Balaban J connectivity index is 2.27. The van der Waals surface area contributed by atoms with Gasteiger partial charge in [0.1, 0.15) is 0 Å². The standard InChI is InChI=1S/C15H25N/c1-4-5-9-14(3)16-12-13(2)15-10-7-6-8-11-15/h6-8,10-11,13-14,16H,4-5,9,12H2,1-3H3. The fourth-order valence-electron chi connectivity index (χ4n) is 1.89. The van der Waals surface area contributed by atoms with Crippen LogP contribution in [0.2, 0.25) is 0 Å². The van der Waals surface area contributed by atoms with E-state index in [0.717, 1.165) is 6.54 Å². The predicted octanol–water partition coefficient (Wildman–Crippen LogP) is 3.96. The molecule has 0 amide bonds. The maximum absolute atomic E-state index is 3.62. The van der Waals surface area contributed by atoms with Crippen LogP contribution in [0.15, 0.2) is 30.3 Å². The maximum Gasteiger partial charge on any atom is 0.00389 e. The minimum absolute atomic E-state index is 0.602. The van der Waals surface area contributed by atoms with Crippen LogP contribution in [-0.4, -0.2) is 12.6 Å². The molecule has 0 radical (unpaired) electrons. The second-order valence-electron chi connectivity index (χ2n) is 4.76. The minimum Gasteiger partial charge on any atom is -0.314 e. The summed E-state index contributed by atoms with van der Waals surface area (Å²) in [6.45, 7) is 7.90. The van der Waals surface area contributed by atoms with Gasteiger partial charge in [0, 0.05) is 12.6 Å². The number of hydrogen-bond acceptors (Lipinski definition) is 1. The van der Waals surface area contributed by atoms with Gasteiger partial charge in [-0.25, -0.2) is 0 Å². The van der Waals surface area contributed by atoms with Crippen molar-refractivity contribution in [3.8, 4) is 0 Å². The zero-order valence-corrected chi connectivity index (χ0v) is 10.9. The van der Waals surface area contributed by atoms with Crippen molar-refractivity contribution in [1.82, 2.24) is 5.32 Å². The zero-order chi connectivity index (χ0) is 11.8. The number of benzene rings is 1. The van der Waals surface area contributed by atoms with Crippen molar-refractivity contribution in [2.45, 2.75) is 52.0 Å². The van der Waals surface area contributed by atoms with Gasteiger partial charge in [-0.15, -0.1) is 0 Å². The summed E-state index contributed by atoms with van der Waals surface area (Å²) >= 11 is 0. The fraction of sp³-hybridized carbons (Fsp3) is 0.600. The highest BCUT2D eigenvalue weighted by Crippen LogP contribution is 2.13. The first-order valence-electron chi connectivity index (χ1n) is 6.52. The molecular weight excluding hydrogens is 194 g/mol. The van der Waals surface area contributed by atoms with E-state index in [4.69, 9.17) is 0 Å². The Kier molecular flexibility index (Phi) is 6.17. The first kappa shape index (κ1) is 13.2. The fourth-order valence-corrected chi connectivity index (χ4v) is 1.89. The van der Waals surface area contributed by atoms with Crippen molar-refractivity contribution < 1.29 is 0 Å². The lowest BCUT2D eigenvalue weighted by atomic mass is 10.0. The zero-order valence-electron chi connectivity index (χ0n) is 10.9. The third kappa shape index (κ3) is 4.80. The van der Waals surface area contributed by atoms with Crippen LogP contribution in [0.25, 0.3) is 0 Å². The van der Waals surface area contributed by atoms with Crippen molar-refractivity contribution in [1.29, 1.82) is 0 Å². The van der Waals surface area contributed by atoms with Crippen molar-refractivity contribution >= 4 is 0 Å². The van der Waals surface area contributed by atoms with Crippen LogP contribution >= 0.6 is 0 Å². The van der Waals surface area contributed by atoms with Crippen LogP contribution in [-0.2, 0) is 0 Å². The van der Waals surface area contributed by atoms with Gasteiger partial charge in [0.25, 0.3) is 0 Å². The van der Waals surface area contributed by atoms with Crippen LogP contribution in [0, 0.1) is 0 Å². The van der Waals surface area contributed by atoms with Crippen molar-refractivity contribution in [2.75, 3.05) is 6.54 Å². The van der Waals surface area contributed by atoms with Crippen molar-refractivity contribution in [3.05, 3.63) is 35.9 Å². The Morgan fingerprint density at radius 3 is 2.44 bits per heavy atom. The van der Waals surface area contributed by atoms with Gasteiger partial charge in [0.15, 0.2) is 0 Å². The first-order valence-corrected chi connectivity index (χ1v) is 6.52. The quantitative estimate of drug-likeness (QED) is 0.732. The summed E-state index contributed by atoms with van der Waals surface area (Å²) in [7, 11) is 0. The van der Waals surface area contributed by atoms with E-state index in [-0.39, 0.29) is 0 Å². The molecule has 0 saturated carbocycles. The van der Waals surface area contributed by atoms with Crippen LogP contribution in [0.4, 0.5) is 0 Å². The monoisotopic (exact) mass is 219 g/mol. The number of unbranched alkanes of at least 4 members (excludes halogenated alkanes) is 1. The maximum atomic E-state index is 3.62. The van der Waals surface area contributed by atoms with Gasteiger partial charge in [0.05, 0.1) is 0 Å². The van der Waals surface area contributed by atoms with E-state index in [1.165, 1.54) is 24.8 Å². The molecule has 0 saturated heterocycles. The third-order valence-corrected chi connectivity index (χ3v) is 3.13. The highest BCUT2D eigenvalue weighted by Gasteiger charge is 2.06. The van der Waals surface area contributed by atoms with E-state index in [1.54, 1.807) is 0 Å². The molecule has 0 bridgehead atoms. The molecule has 1 nitrogen and oxygen atoms in total. The first-order chi connectivity index (χ1) is 7.74. The molecule has 1 rings (SSSR count). The third-order valence-electron chi connectivity index (χ3n) is 3.13. The molecule has 1 aromatic carbocycles. The van der Waals surface area contributed by atoms with E-state index in [9.17, 15) is 0 Å². The molecule has 0 aliphatic rings. The van der Waals surface area contributed by atoms with Crippen molar-refractivity contribution in [2.24, 2.45) is 0 Å². The Morgan fingerprint density at radius 2 is 1.81 bits per heavy atom. The largest absolute Gasteiger partial charge is 0.314 e. The van der Waals surface area contributed by atoms with Gasteiger partial charge in [-0.2, -0.15) is 0 Å². The second-order valence-corrected chi connectivity index (χ2v) is 4.76. The topological polar surface area (TPSA) is 12.0 Å².